The van der Waals surface area contributed by atoms with E-state index in [0.717, 1.165) is 11.1 Å². The number of rotatable bonds is 9. The summed E-state index contributed by atoms with van der Waals surface area (Å²) in [6, 6.07) is 17.8. The first kappa shape index (κ1) is 33.0. The van der Waals surface area contributed by atoms with Gasteiger partial charge in [0, 0.05) is 30.4 Å². The highest BCUT2D eigenvalue weighted by Gasteiger charge is 2.35. The maximum atomic E-state index is 12.3. The van der Waals surface area contributed by atoms with Gasteiger partial charge in [-0.25, -0.2) is 9.97 Å². The molecule has 0 bridgehead atoms. The highest BCUT2D eigenvalue weighted by molar-refractivity contribution is 6.39. The number of methoxy groups -OCH3 is 2. The summed E-state index contributed by atoms with van der Waals surface area (Å²) in [6.45, 7) is 6.11. The lowest BCUT2D eigenvalue weighted by atomic mass is 10.1. The zero-order valence-corrected chi connectivity index (χ0v) is 27.5. The van der Waals surface area contributed by atoms with Crippen LogP contribution >= 0.6 is 23.2 Å². The van der Waals surface area contributed by atoms with Gasteiger partial charge in [-0.1, -0.05) is 41.4 Å². The van der Waals surface area contributed by atoms with Gasteiger partial charge >= 0.3 is 5.97 Å². The van der Waals surface area contributed by atoms with E-state index in [9.17, 15) is 15.2 Å². The van der Waals surface area contributed by atoms with Gasteiger partial charge < -0.3 is 24.6 Å². The van der Waals surface area contributed by atoms with Crippen LogP contribution in [-0.2, 0) is 29.0 Å². The molecule has 2 N–H and O–H groups in total. The molecule has 10 nitrogen and oxygen atoms in total. The molecule has 46 heavy (non-hydrogen) atoms. The summed E-state index contributed by atoms with van der Waals surface area (Å²) in [5.41, 5.74) is 3.46. The van der Waals surface area contributed by atoms with Crippen molar-refractivity contribution in [3.8, 4) is 29.0 Å². The van der Waals surface area contributed by atoms with Gasteiger partial charge in [-0.3, -0.25) is 9.69 Å². The second kappa shape index (κ2) is 13.5. The zero-order valence-electron chi connectivity index (χ0n) is 26.0. The van der Waals surface area contributed by atoms with Gasteiger partial charge in [-0.2, -0.15) is 5.26 Å². The van der Waals surface area contributed by atoms with Crippen LogP contribution in [0.1, 0.15) is 54.9 Å². The Bertz CT molecular complexity index is 1800. The molecular weight excluding hydrogens is 629 g/mol. The van der Waals surface area contributed by atoms with Gasteiger partial charge in [0.15, 0.2) is 5.82 Å². The van der Waals surface area contributed by atoms with Gasteiger partial charge in [0.25, 0.3) is 0 Å². The minimum atomic E-state index is -1.06. The molecule has 0 radical (unpaired) electrons. The van der Waals surface area contributed by atoms with Crippen LogP contribution in [0.15, 0.2) is 54.6 Å². The van der Waals surface area contributed by atoms with E-state index in [1.54, 1.807) is 20.3 Å². The van der Waals surface area contributed by atoms with Gasteiger partial charge in [0.05, 0.1) is 59.1 Å². The van der Waals surface area contributed by atoms with Crippen LogP contribution in [0.5, 0.6) is 11.5 Å². The fourth-order valence-electron chi connectivity index (χ4n) is 5.16. The van der Waals surface area contributed by atoms with E-state index >= 15 is 0 Å². The second-order valence-corrected chi connectivity index (χ2v) is 12.5. The van der Waals surface area contributed by atoms with E-state index in [2.05, 4.69) is 5.32 Å². The smallest absolute Gasteiger partial charge is 0.310 e. The fraction of sp³-hybridized carbons (Fsp3) is 0.294. The lowest BCUT2D eigenvalue weighted by molar-refractivity contribution is -0.153. The SMILES string of the molecule is COc1ccc(CN2Cc3nc(-c4c(Cl)cc(C#N)cc4Cl)nc(Nc4ccc(CC(=O)OC(C)(C)C)cc4)c3C2O)c(OC)c1. The van der Waals surface area contributed by atoms with Gasteiger partial charge in [-0.05, 0) is 56.7 Å². The molecule has 1 aromatic heterocycles. The number of carbonyl (C=O) groups is 1. The van der Waals surface area contributed by atoms with Gasteiger partial charge in [-0.15, -0.1) is 0 Å². The predicted octanol–water partition coefficient (Wildman–Crippen LogP) is 6.97. The van der Waals surface area contributed by atoms with Crippen LogP contribution in [-0.4, -0.2) is 45.8 Å². The molecule has 1 unspecified atom stereocenters. The van der Waals surface area contributed by atoms with Crippen LogP contribution in [0.4, 0.5) is 11.5 Å². The number of hydrogen-bond donors (Lipinski definition) is 2. The molecule has 5 rings (SSSR count). The van der Waals surface area contributed by atoms with Crippen molar-refractivity contribution < 1.29 is 24.1 Å². The quantitative estimate of drug-likeness (QED) is 0.181. The van der Waals surface area contributed by atoms with Crippen molar-refractivity contribution in [2.45, 2.75) is 52.1 Å². The Morgan fingerprint density at radius 2 is 1.76 bits per heavy atom. The number of aliphatic hydroxyl groups is 1. The van der Waals surface area contributed by atoms with Crippen molar-refractivity contribution in [1.29, 1.82) is 5.26 Å². The maximum absolute atomic E-state index is 12.3. The minimum Gasteiger partial charge on any atom is -0.497 e. The van der Waals surface area contributed by atoms with Crippen LogP contribution in [0.25, 0.3) is 11.4 Å². The Morgan fingerprint density at radius 1 is 1.07 bits per heavy atom. The highest BCUT2D eigenvalue weighted by Crippen LogP contribution is 2.42. The van der Waals surface area contributed by atoms with Crippen molar-refractivity contribution in [2.75, 3.05) is 19.5 Å². The molecule has 2 heterocycles. The first-order valence-electron chi connectivity index (χ1n) is 14.4. The zero-order chi connectivity index (χ0) is 33.2. The Morgan fingerprint density at radius 3 is 2.37 bits per heavy atom. The predicted molar refractivity (Wildman–Crippen MR) is 175 cm³/mol. The number of esters is 1. The van der Waals surface area contributed by atoms with E-state index in [0.29, 0.717) is 51.9 Å². The van der Waals surface area contributed by atoms with E-state index in [1.807, 2.05) is 68.1 Å². The number of aliphatic hydroxyl groups excluding tert-OH is 1. The summed E-state index contributed by atoms with van der Waals surface area (Å²) in [6.07, 6.45) is -0.931. The normalized spacial score (nSPS) is 14.4. The van der Waals surface area contributed by atoms with E-state index in [4.69, 9.17) is 47.4 Å². The summed E-state index contributed by atoms with van der Waals surface area (Å²) >= 11 is 13.2. The fourth-order valence-corrected chi connectivity index (χ4v) is 5.81. The standard InChI is InChI=1S/C34H33Cl2N5O5/c1-34(2,3)46-28(42)14-19-6-9-22(10-7-19)38-32-30-26(39-31(40-32)29-24(35)12-20(16-37)13-25(29)36)18-41(33(30)43)17-21-8-11-23(44-4)15-27(21)45-5/h6-13,15,33,43H,14,17-18H2,1-5H3,(H,38,39,40). The molecule has 1 aliphatic heterocycles. The average molecular weight is 663 g/mol. The van der Waals surface area contributed by atoms with E-state index in [1.165, 1.54) is 12.1 Å². The molecule has 0 amide bonds. The second-order valence-electron chi connectivity index (χ2n) is 11.7. The summed E-state index contributed by atoms with van der Waals surface area (Å²) in [4.78, 5) is 23.7. The number of anilines is 2. The number of nitrogens with zero attached hydrogens (tertiary/aromatic N) is 4. The Labute approximate surface area is 277 Å². The molecule has 0 aliphatic carbocycles. The summed E-state index contributed by atoms with van der Waals surface area (Å²) in [5.74, 6) is 1.54. The first-order valence-corrected chi connectivity index (χ1v) is 15.2. The third-order valence-electron chi connectivity index (χ3n) is 7.23. The summed E-state index contributed by atoms with van der Waals surface area (Å²) in [7, 11) is 3.16. The number of nitriles is 1. The molecule has 0 spiro atoms. The van der Waals surface area contributed by atoms with Crippen molar-refractivity contribution in [2.24, 2.45) is 0 Å². The van der Waals surface area contributed by atoms with Crippen LogP contribution in [0.2, 0.25) is 10.0 Å². The maximum Gasteiger partial charge on any atom is 0.310 e. The lowest BCUT2D eigenvalue weighted by Gasteiger charge is -2.22. The number of benzene rings is 3. The third-order valence-corrected chi connectivity index (χ3v) is 7.83. The van der Waals surface area contributed by atoms with Crippen molar-refractivity contribution in [3.63, 3.8) is 0 Å². The molecule has 1 aliphatic rings. The molecule has 0 fully saturated rings. The summed E-state index contributed by atoms with van der Waals surface area (Å²) in [5, 5.41) is 24.7. The molecule has 0 saturated carbocycles. The molecular formula is C34H33Cl2N5O5. The van der Waals surface area contributed by atoms with Crippen LogP contribution < -0.4 is 14.8 Å². The number of aromatic nitrogens is 2. The van der Waals surface area contributed by atoms with Gasteiger partial charge in [0.2, 0.25) is 0 Å². The van der Waals surface area contributed by atoms with Crippen LogP contribution in [0, 0.1) is 11.3 Å². The van der Waals surface area contributed by atoms with Gasteiger partial charge in [0.1, 0.15) is 29.1 Å². The minimum absolute atomic E-state index is 0.128. The van der Waals surface area contributed by atoms with E-state index in [-0.39, 0.29) is 34.8 Å². The Hall–Kier alpha value is -4.40. The van der Waals surface area contributed by atoms with Crippen molar-refractivity contribution in [3.05, 3.63) is 92.6 Å². The summed E-state index contributed by atoms with van der Waals surface area (Å²) < 4.78 is 16.4. The number of ether oxygens (including phenoxy) is 3. The monoisotopic (exact) mass is 661 g/mol. The number of fused-ring (bicyclic) bond motifs is 1. The third kappa shape index (κ3) is 7.35. The molecule has 3 aromatic carbocycles. The number of hydrogen-bond acceptors (Lipinski definition) is 10. The average Bonchev–Trinajstić information content (AvgIpc) is 3.31. The molecule has 1 atom stereocenters. The lowest BCUT2D eigenvalue weighted by Crippen LogP contribution is -2.24. The number of nitrogens with one attached hydrogen (secondary N) is 1. The van der Waals surface area contributed by atoms with Crippen molar-refractivity contribution in [1.82, 2.24) is 14.9 Å². The molecule has 4 aromatic rings. The highest BCUT2D eigenvalue weighted by atomic mass is 35.5. The largest absolute Gasteiger partial charge is 0.497 e. The molecule has 238 valence electrons. The molecule has 0 saturated heterocycles. The first-order chi connectivity index (χ1) is 21.9. The number of carbonyl (C=O) groups excluding carboxylic acids is 1. The number of halogens is 2. The topological polar surface area (TPSA) is 130 Å². The van der Waals surface area contributed by atoms with Crippen LogP contribution in [0.3, 0.4) is 0 Å². The Balaban J connectivity index is 1.50. The Kier molecular flexibility index (Phi) is 9.70. The molecule has 12 heteroatoms. The van der Waals surface area contributed by atoms with E-state index < -0.39 is 11.8 Å². The van der Waals surface area contributed by atoms with Crippen molar-refractivity contribution >= 4 is 40.7 Å².